The summed E-state index contributed by atoms with van der Waals surface area (Å²) >= 11 is 1.59. The van der Waals surface area contributed by atoms with Crippen LogP contribution < -0.4 is 4.90 Å². The minimum Gasteiger partial charge on any atom is -0.462 e. The lowest BCUT2D eigenvalue weighted by molar-refractivity contribution is -0.123. The zero-order valence-electron chi connectivity index (χ0n) is 20.9. The average Bonchev–Trinajstić information content (AvgIpc) is 3.60. The minimum absolute atomic E-state index is 0.0369. The molecule has 0 aliphatic heterocycles. The molecule has 1 aliphatic carbocycles. The van der Waals surface area contributed by atoms with Crippen LogP contribution in [0.2, 0.25) is 0 Å². The Morgan fingerprint density at radius 3 is 2.56 bits per heavy atom. The molecule has 0 unspecified atom stereocenters. The van der Waals surface area contributed by atoms with Gasteiger partial charge in [0.15, 0.2) is 10.8 Å². The predicted molar refractivity (Wildman–Crippen MR) is 141 cm³/mol. The largest absolute Gasteiger partial charge is 0.462 e. The number of hydrogen-bond acceptors (Lipinski definition) is 6. The molecule has 4 aromatic rings. The van der Waals surface area contributed by atoms with Gasteiger partial charge >= 0.3 is 5.97 Å². The predicted octanol–water partition coefficient (Wildman–Crippen LogP) is 5.75. The summed E-state index contributed by atoms with van der Waals surface area (Å²) in [6, 6.07) is 7.71. The number of fused-ring (bicyclic) bond motifs is 1. The smallest absolute Gasteiger partial charge is 0.343 e. The molecule has 3 heterocycles. The number of nitrogens with zero attached hydrogens (tertiary/aromatic N) is 5. The Morgan fingerprint density at radius 2 is 1.89 bits per heavy atom. The van der Waals surface area contributed by atoms with Crippen molar-refractivity contribution in [2.45, 2.75) is 58.9 Å². The van der Waals surface area contributed by atoms with Gasteiger partial charge in [0.2, 0.25) is 5.91 Å². The van der Waals surface area contributed by atoms with Crippen molar-refractivity contribution in [2.24, 2.45) is 5.92 Å². The first-order valence-electron chi connectivity index (χ1n) is 12.6. The van der Waals surface area contributed by atoms with E-state index in [-0.39, 0.29) is 24.5 Å². The number of carbonyl (C=O) groups excluding carboxylic acids is 2. The van der Waals surface area contributed by atoms with Crippen LogP contribution in [0, 0.1) is 5.92 Å². The number of thiazole rings is 1. The molecule has 0 atom stereocenters. The van der Waals surface area contributed by atoms with Crippen molar-refractivity contribution in [3.63, 3.8) is 0 Å². The number of benzene rings is 1. The van der Waals surface area contributed by atoms with Gasteiger partial charge in [-0.1, -0.05) is 31.4 Å². The first-order chi connectivity index (χ1) is 17.5. The van der Waals surface area contributed by atoms with E-state index in [1.807, 2.05) is 60.3 Å². The van der Waals surface area contributed by atoms with Gasteiger partial charge in [-0.25, -0.2) is 14.5 Å². The molecule has 3 aromatic heterocycles. The van der Waals surface area contributed by atoms with Crippen molar-refractivity contribution in [2.75, 3.05) is 11.5 Å². The normalized spacial score (nSPS) is 14.4. The average molecular weight is 506 g/mol. The molecule has 1 saturated carbocycles. The second kappa shape index (κ2) is 10.3. The quantitative estimate of drug-likeness (QED) is 0.299. The number of ether oxygens (including phenoxy) is 1. The summed E-state index contributed by atoms with van der Waals surface area (Å²) in [5.74, 6) is -0.117. The fourth-order valence-corrected chi connectivity index (χ4v) is 5.53. The SMILES string of the molecule is CCOC(=O)c1cn(-c2ccc(-c3cn4ccsc4n3)cc2)nc1N(C(=O)C1CCCCC1)C(C)C. The number of esters is 1. The van der Waals surface area contributed by atoms with Gasteiger partial charge in [-0.2, -0.15) is 0 Å². The molecule has 188 valence electrons. The second-order valence-electron chi connectivity index (χ2n) is 9.43. The second-order valence-corrected chi connectivity index (χ2v) is 10.3. The van der Waals surface area contributed by atoms with Crippen molar-refractivity contribution in [1.29, 1.82) is 0 Å². The van der Waals surface area contributed by atoms with E-state index in [0.29, 0.717) is 11.4 Å². The van der Waals surface area contributed by atoms with Crippen LogP contribution >= 0.6 is 11.3 Å². The number of aromatic nitrogens is 4. The van der Waals surface area contributed by atoms with Gasteiger partial charge in [0, 0.05) is 41.5 Å². The van der Waals surface area contributed by atoms with Crippen LogP contribution in [0.15, 0.2) is 48.2 Å². The van der Waals surface area contributed by atoms with Gasteiger partial charge in [0.1, 0.15) is 5.56 Å². The Labute approximate surface area is 214 Å². The van der Waals surface area contributed by atoms with E-state index in [2.05, 4.69) is 4.98 Å². The van der Waals surface area contributed by atoms with Crippen LogP contribution in [0.5, 0.6) is 0 Å². The van der Waals surface area contributed by atoms with Crippen LogP contribution in [-0.2, 0) is 9.53 Å². The molecule has 1 aliphatic rings. The number of amides is 1. The Morgan fingerprint density at radius 1 is 1.14 bits per heavy atom. The molecule has 1 aromatic carbocycles. The summed E-state index contributed by atoms with van der Waals surface area (Å²) < 4.78 is 8.99. The van der Waals surface area contributed by atoms with Crippen LogP contribution in [-0.4, -0.2) is 43.7 Å². The van der Waals surface area contributed by atoms with Crippen molar-refractivity contribution >= 4 is 34.0 Å². The lowest BCUT2D eigenvalue weighted by Gasteiger charge is -2.31. The van der Waals surface area contributed by atoms with E-state index in [1.54, 1.807) is 34.0 Å². The van der Waals surface area contributed by atoms with Gasteiger partial charge in [0.25, 0.3) is 0 Å². The third kappa shape index (κ3) is 4.67. The highest BCUT2D eigenvalue weighted by atomic mass is 32.1. The summed E-state index contributed by atoms with van der Waals surface area (Å²) in [5.41, 5.74) is 2.97. The summed E-state index contributed by atoms with van der Waals surface area (Å²) in [4.78, 5) is 33.8. The lowest BCUT2D eigenvalue weighted by atomic mass is 9.88. The zero-order chi connectivity index (χ0) is 25.2. The van der Waals surface area contributed by atoms with Crippen LogP contribution in [0.3, 0.4) is 0 Å². The van der Waals surface area contributed by atoms with Crippen molar-refractivity contribution in [1.82, 2.24) is 19.2 Å². The van der Waals surface area contributed by atoms with Crippen LogP contribution in [0.4, 0.5) is 5.82 Å². The fourth-order valence-electron chi connectivity index (χ4n) is 4.83. The van der Waals surface area contributed by atoms with Crippen LogP contribution in [0.1, 0.15) is 63.2 Å². The molecule has 9 heteroatoms. The molecule has 0 bridgehead atoms. The third-order valence-electron chi connectivity index (χ3n) is 6.65. The molecular weight excluding hydrogens is 474 g/mol. The van der Waals surface area contributed by atoms with Crippen LogP contribution in [0.25, 0.3) is 21.9 Å². The highest BCUT2D eigenvalue weighted by Crippen LogP contribution is 2.31. The molecule has 0 radical (unpaired) electrons. The number of hydrogen-bond donors (Lipinski definition) is 0. The molecule has 0 N–H and O–H groups in total. The van der Waals surface area contributed by atoms with E-state index in [4.69, 9.17) is 9.84 Å². The highest BCUT2D eigenvalue weighted by molar-refractivity contribution is 7.15. The molecular formula is C27H31N5O3S. The van der Waals surface area contributed by atoms with Gasteiger partial charge in [-0.3, -0.25) is 14.1 Å². The first-order valence-corrected chi connectivity index (χ1v) is 13.5. The van der Waals surface area contributed by atoms with Crippen molar-refractivity contribution in [3.05, 3.63) is 53.8 Å². The maximum Gasteiger partial charge on any atom is 0.343 e. The summed E-state index contributed by atoms with van der Waals surface area (Å²) in [6.45, 7) is 5.94. The third-order valence-corrected chi connectivity index (χ3v) is 7.42. The summed E-state index contributed by atoms with van der Waals surface area (Å²) in [5, 5.41) is 6.76. The van der Waals surface area contributed by atoms with Gasteiger partial charge in [-0.05, 0) is 45.7 Å². The Balaban J connectivity index is 1.49. The fraction of sp³-hybridized carbons (Fsp3) is 0.407. The van der Waals surface area contributed by atoms with Gasteiger partial charge < -0.3 is 4.74 Å². The number of rotatable bonds is 7. The molecule has 5 rings (SSSR count). The highest BCUT2D eigenvalue weighted by Gasteiger charge is 2.33. The van der Waals surface area contributed by atoms with E-state index in [1.165, 1.54) is 6.42 Å². The van der Waals surface area contributed by atoms with Crippen molar-refractivity contribution < 1.29 is 14.3 Å². The number of anilines is 1. The van der Waals surface area contributed by atoms with E-state index in [9.17, 15) is 9.59 Å². The minimum atomic E-state index is -0.476. The topological polar surface area (TPSA) is 81.7 Å². The van der Waals surface area contributed by atoms with E-state index >= 15 is 0 Å². The zero-order valence-corrected chi connectivity index (χ0v) is 21.7. The molecule has 8 nitrogen and oxygen atoms in total. The van der Waals surface area contributed by atoms with Gasteiger partial charge in [-0.15, -0.1) is 16.4 Å². The Hall–Kier alpha value is -3.46. The lowest BCUT2D eigenvalue weighted by Crippen LogP contribution is -2.42. The Kier molecular flexibility index (Phi) is 6.91. The molecule has 36 heavy (non-hydrogen) atoms. The van der Waals surface area contributed by atoms with Gasteiger partial charge in [0.05, 0.1) is 18.0 Å². The van der Waals surface area contributed by atoms with E-state index in [0.717, 1.165) is 47.6 Å². The Bertz CT molecular complexity index is 1330. The molecule has 1 amide bonds. The summed E-state index contributed by atoms with van der Waals surface area (Å²) in [6.07, 6.45) is 10.7. The standard InChI is InChI=1S/C27H31N5O3S/c1-4-35-26(34)22-16-31(29-24(22)32(18(2)3)25(33)20-8-6-5-7-9-20)21-12-10-19(11-13-21)23-17-30-14-15-36-27(30)28-23/h10-18,20H,4-9H2,1-3H3. The number of carbonyl (C=O) groups is 2. The van der Waals surface area contributed by atoms with E-state index < -0.39 is 5.97 Å². The monoisotopic (exact) mass is 505 g/mol. The maximum atomic E-state index is 13.6. The first kappa shape index (κ1) is 24.2. The molecule has 0 spiro atoms. The molecule has 0 saturated heterocycles. The number of imidazole rings is 1. The summed E-state index contributed by atoms with van der Waals surface area (Å²) in [7, 11) is 0. The van der Waals surface area contributed by atoms with Crippen molar-refractivity contribution in [3.8, 4) is 16.9 Å². The molecule has 1 fully saturated rings. The maximum absolute atomic E-state index is 13.6.